The van der Waals surface area contributed by atoms with Gasteiger partial charge in [-0.3, -0.25) is 0 Å². The Hall–Kier alpha value is -0.190. The van der Waals surface area contributed by atoms with Crippen molar-refractivity contribution in [3.05, 3.63) is 33.9 Å². The number of nitrogens with zero attached hydrogens (tertiary/aromatic N) is 1. The van der Waals surface area contributed by atoms with Gasteiger partial charge < -0.3 is 0 Å². The highest BCUT2D eigenvalue weighted by Gasteiger charge is 2.19. The van der Waals surface area contributed by atoms with Crippen LogP contribution in [0.3, 0.4) is 0 Å². The van der Waals surface area contributed by atoms with Crippen LogP contribution in [0.25, 0.3) is 10.2 Å². The van der Waals surface area contributed by atoms with Crippen molar-refractivity contribution in [2.24, 2.45) is 0 Å². The maximum absolute atomic E-state index is 4.61. The minimum atomic E-state index is 0.258. The molecule has 15 heavy (non-hydrogen) atoms. The minimum Gasteiger partial charge on any atom is -0.241 e. The third kappa shape index (κ3) is 2.32. The number of aromatic nitrogens is 1. The van der Waals surface area contributed by atoms with Crippen molar-refractivity contribution in [3.63, 3.8) is 0 Å². The van der Waals surface area contributed by atoms with Gasteiger partial charge in [-0.15, -0.1) is 11.3 Å². The second-order valence-corrected chi connectivity index (χ2v) is 5.72. The molecule has 1 radical (unpaired) electrons. The Morgan fingerprint density at radius 1 is 1.40 bits per heavy atom. The third-order valence-corrected chi connectivity index (χ3v) is 4.10. The number of rotatable bonds is 3. The molecule has 0 aliphatic heterocycles. The summed E-state index contributed by atoms with van der Waals surface area (Å²) in [6.45, 7) is 2.13. The number of hydrogen-bond donors (Lipinski definition) is 2. The molecular formula is C11H12NS3. The topological polar surface area (TPSA) is 12.9 Å². The van der Waals surface area contributed by atoms with Crippen molar-refractivity contribution in [2.45, 2.75) is 19.3 Å². The average molecular weight is 254 g/mol. The van der Waals surface area contributed by atoms with E-state index >= 15 is 0 Å². The lowest BCUT2D eigenvalue weighted by atomic mass is 10.1. The zero-order chi connectivity index (χ0) is 10.8. The fraction of sp³-hybridized carbons (Fsp3) is 0.273. The monoisotopic (exact) mass is 254 g/mol. The van der Waals surface area contributed by atoms with E-state index < -0.39 is 0 Å². The first-order valence-corrected chi connectivity index (χ1v) is 6.53. The molecule has 1 nitrogen and oxygen atoms in total. The lowest BCUT2D eigenvalue weighted by molar-refractivity contribution is 0.774. The summed E-state index contributed by atoms with van der Waals surface area (Å²) in [6.07, 6.45) is 0.988. The molecule has 1 atom stereocenters. The van der Waals surface area contributed by atoms with Crippen LogP contribution in [-0.4, -0.2) is 4.98 Å². The largest absolute Gasteiger partial charge is 0.241 e. The smallest absolute Gasteiger partial charge is 0.0992 e. The molecule has 0 aliphatic carbocycles. The van der Waals surface area contributed by atoms with Gasteiger partial charge in [0.25, 0.3) is 0 Å². The highest BCUT2D eigenvalue weighted by atomic mass is 32.2. The molecule has 79 valence electrons. The lowest BCUT2D eigenvalue weighted by Crippen LogP contribution is -1.98. The van der Waals surface area contributed by atoms with E-state index in [2.05, 4.69) is 43.2 Å². The maximum Gasteiger partial charge on any atom is 0.0992 e. The first-order valence-electron chi connectivity index (χ1n) is 4.82. The van der Waals surface area contributed by atoms with Crippen molar-refractivity contribution in [2.75, 3.05) is 0 Å². The van der Waals surface area contributed by atoms with E-state index in [-0.39, 0.29) is 5.92 Å². The summed E-state index contributed by atoms with van der Waals surface area (Å²) in [5.41, 5.74) is 1.07. The normalized spacial score (nSPS) is 13.6. The van der Waals surface area contributed by atoms with E-state index in [0.717, 1.165) is 21.5 Å². The van der Waals surface area contributed by atoms with E-state index in [1.807, 2.05) is 18.2 Å². The molecule has 4 heteroatoms. The van der Waals surface area contributed by atoms with Gasteiger partial charge in [0.2, 0.25) is 0 Å². The minimum absolute atomic E-state index is 0.258. The molecule has 1 aromatic carbocycles. The molecule has 0 N–H and O–H groups in total. The summed E-state index contributed by atoms with van der Waals surface area (Å²) in [4.78, 5) is 4.61. The fourth-order valence-corrected chi connectivity index (χ4v) is 3.45. The average Bonchev–Trinajstić information content (AvgIpc) is 2.61. The molecule has 1 heterocycles. The number of thiol groups is 2. The van der Waals surface area contributed by atoms with Crippen LogP contribution in [0.2, 0.25) is 0 Å². The Labute approximate surface area is 105 Å². The summed E-state index contributed by atoms with van der Waals surface area (Å²) in [5, 5.41) is 1.11. The van der Waals surface area contributed by atoms with Crippen LogP contribution in [0.15, 0.2) is 24.3 Å². The highest BCUT2D eigenvalue weighted by molar-refractivity contribution is 8.03. The summed E-state index contributed by atoms with van der Waals surface area (Å²) in [6, 6.07) is 8.19. The molecule has 0 fully saturated rings. The predicted molar refractivity (Wildman–Crippen MR) is 73.9 cm³/mol. The van der Waals surface area contributed by atoms with E-state index in [1.165, 1.54) is 4.70 Å². The quantitative estimate of drug-likeness (QED) is 0.785. The first kappa shape index (κ1) is 11.3. The molecule has 2 rings (SSSR count). The maximum atomic E-state index is 4.61. The van der Waals surface area contributed by atoms with Crippen LogP contribution in [-0.2, 0) is 0 Å². The molecule has 1 aromatic heterocycles. The van der Waals surface area contributed by atoms with Crippen LogP contribution in [0.1, 0.15) is 24.3 Å². The van der Waals surface area contributed by atoms with Crippen molar-refractivity contribution in [1.29, 1.82) is 0 Å². The first-order chi connectivity index (χ1) is 7.22. The van der Waals surface area contributed by atoms with E-state index in [1.54, 1.807) is 11.3 Å². The van der Waals surface area contributed by atoms with Crippen LogP contribution in [0.5, 0.6) is 0 Å². The van der Waals surface area contributed by atoms with Gasteiger partial charge in [0.15, 0.2) is 0 Å². The fourth-order valence-electron chi connectivity index (χ4n) is 1.51. The molecule has 2 aromatic rings. The summed E-state index contributed by atoms with van der Waals surface area (Å²) >= 11 is 10.4. The van der Waals surface area contributed by atoms with Crippen LogP contribution in [0.4, 0.5) is 0 Å². The summed E-state index contributed by atoms with van der Waals surface area (Å²) in [7, 11) is 0. The Bertz CT molecular complexity index is 417. The molecule has 1 unspecified atom stereocenters. The van der Waals surface area contributed by atoms with Crippen LogP contribution >= 0.6 is 36.6 Å². The highest BCUT2D eigenvalue weighted by Crippen LogP contribution is 2.38. The zero-order valence-corrected chi connectivity index (χ0v) is 10.9. The van der Waals surface area contributed by atoms with Gasteiger partial charge in [-0.05, 0) is 18.6 Å². The van der Waals surface area contributed by atoms with Gasteiger partial charge in [-0.1, -0.05) is 19.1 Å². The van der Waals surface area contributed by atoms with Crippen molar-refractivity contribution >= 4 is 46.8 Å². The van der Waals surface area contributed by atoms with Gasteiger partial charge in [0.05, 0.1) is 19.8 Å². The number of hydrogen-bond acceptors (Lipinski definition) is 4. The summed E-state index contributed by atoms with van der Waals surface area (Å²) in [5.74, 6) is 0.258. The zero-order valence-electron chi connectivity index (χ0n) is 8.34. The molecule has 0 spiro atoms. The van der Waals surface area contributed by atoms with Crippen molar-refractivity contribution in [1.82, 2.24) is 4.98 Å². The standard InChI is InChI=1S/C11H12NS3/c1-2-7(11(13)14)10-12-8-5-3-4-6-9(8)15-10/h3-7,13-14H,2H2,1H3. The molecule has 0 bridgehead atoms. The van der Waals surface area contributed by atoms with E-state index in [0.29, 0.717) is 0 Å². The van der Waals surface area contributed by atoms with Crippen molar-refractivity contribution in [3.8, 4) is 0 Å². The van der Waals surface area contributed by atoms with Crippen LogP contribution < -0.4 is 0 Å². The molecule has 0 aliphatic rings. The van der Waals surface area contributed by atoms with Gasteiger partial charge >= 0.3 is 0 Å². The van der Waals surface area contributed by atoms with E-state index in [9.17, 15) is 0 Å². The third-order valence-electron chi connectivity index (χ3n) is 2.33. The van der Waals surface area contributed by atoms with E-state index in [4.69, 9.17) is 0 Å². The number of thiazole rings is 1. The lowest BCUT2D eigenvalue weighted by Gasteiger charge is -2.12. The number of fused-ring (bicyclic) bond motifs is 1. The second kappa shape index (κ2) is 4.76. The Morgan fingerprint density at radius 2 is 2.13 bits per heavy atom. The molecule has 0 saturated carbocycles. The molecular weight excluding hydrogens is 242 g/mol. The number of para-hydroxylation sites is 1. The van der Waals surface area contributed by atoms with Gasteiger partial charge in [-0.25, -0.2) is 4.98 Å². The summed E-state index contributed by atoms with van der Waals surface area (Å²) < 4.78 is 2.07. The Morgan fingerprint density at radius 3 is 2.73 bits per heavy atom. The number of benzene rings is 1. The second-order valence-electron chi connectivity index (χ2n) is 3.34. The SMILES string of the molecule is CCC([C](S)S)c1nc2ccccc2s1. The van der Waals surface area contributed by atoms with Gasteiger partial charge in [0.1, 0.15) is 0 Å². The van der Waals surface area contributed by atoms with Crippen molar-refractivity contribution < 1.29 is 0 Å². The predicted octanol–water partition coefficient (Wildman–Crippen LogP) is 4.14. The Balaban J connectivity index is 2.43. The van der Waals surface area contributed by atoms with Gasteiger partial charge in [-0.2, -0.15) is 25.3 Å². The molecule has 0 amide bonds. The molecule has 0 saturated heterocycles. The Kier molecular flexibility index (Phi) is 3.59. The van der Waals surface area contributed by atoms with Crippen LogP contribution in [0, 0.1) is 4.58 Å². The van der Waals surface area contributed by atoms with Gasteiger partial charge in [0, 0.05) is 5.92 Å².